The molecule has 0 bridgehead atoms. The second kappa shape index (κ2) is 4.90. The second-order valence-electron chi connectivity index (χ2n) is 5.71. The maximum atomic E-state index is 11.2. The molecule has 0 unspecified atom stereocenters. The minimum Gasteiger partial charge on any atom is -0.508 e. The van der Waals surface area contributed by atoms with Gasteiger partial charge in [0.2, 0.25) is 0 Å². The Morgan fingerprint density at radius 1 is 1.28 bits per heavy atom. The average Bonchev–Trinajstić information content (AvgIpc) is 2.34. The fourth-order valence-electron chi connectivity index (χ4n) is 3.29. The van der Waals surface area contributed by atoms with Crippen LogP contribution in [0, 0.1) is 5.41 Å². The van der Waals surface area contributed by atoms with Crippen molar-refractivity contribution in [1.82, 2.24) is 5.32 Å². The number of aliphatic hydroxyl groups is 1. The molecule has 1 saturated carbocycles. The Hall–Kier alpha value is -1.06. The molecule has 1 aliphatic rings. The van der Waals surface area contributed by atoms with Crippen molar-refractivity contribution in [3.63, 3.8) is 0 Å². The van der Waals surface area contributed by atoms with Gasteiger partial charge in [0.25, 0.3) is 0 Å². The third kappa shape index (κ3) is 2.13. The highest BCUT2D eigenvalue weighted by molar-refractivity contribution is 5.33. The van der Waals surface area contributed by atoms with E-state index in [1.54, 1.807) is 18.2 Å². The van der Waals surface area contributed by atoms with Gasteiger partial charge in [-0.15, -0.1) is 0 Å². The summed E-state index contributed by atoms with van der Waals surface area (Å²) in [5.74, 6) is 0.221. The van der Waals surface area contributed by atoms with E-state index in [0.29, 0.717) is 0 Å². The molecule has 0 spiro atoms. The lowest BCUT2D eigenvalue weighted by Gasteiger charge is -2.49. The number of nitrogens with one attached hydrogen (secondary N) is 1. The maximum Gasteiger partial charge on any atom is 0.115 e. The Labute approximate surface area is 109 Å². The first kappa shape index (κ1) is 13.4. The van der Waals surface area contributed by atoms with E-state index >= 15 is 0 Å². The number of phenols is 1. The molecule has 1 fully saturated rings. The quantitative estimate of drug-likeness (QED) is 0.771. The fraction of sp³-hybridized carbons (Fsp3) is 0.600. The van der Waals surface area contributed by atoms with Crippen LogP contribution in [0.1, 0.15) is 38.2 Å². The van der Waals surface area contributed by atoms with Gasteiger partial charge in [-0.1, -0.05) is 31.9 Å². The van der Waals surface area contributed by atoms with Crippen molar-refractivity contribution in [1.29, 1.82) is 0 Å². The Morgan fingerprint density at radius 3 is 2.67 bits per heavy atom. The molecule has 2 rings (SSSR count). The normalized spacial score (nSPS) is 32.4. The molecule has 18 heavy (non-hydrogen) atoms. The van der Waals surface area contributed by atoms with Crippen LogP contribution >= 0.6 is 0 Å². The number of benzene rings is 1. The van der Waals surface area contributed by atoms with Crippen LogP contribution in [0.4, 0.5) is 0 Å². The van der Waals surface area contributed by atoms with Crippen LogP contribution in [0.2, 0.25) is 0 Å². The van der Waals surface area contributed by atoms with Crippen LogP contribution in [0.15, 0.2) is 24.3 Å². The largest absolute Gasteiger partial charge is 0.508 e. The second-order valence-corrected chi connectivity index (χ2v) is 5.71. The standard InChI is InChI=1S/C15H23NO2/c1-14(11-16-2)8-3-4-9-15(14,18)12-6-5-7-13(17)10-12/h5-7,10,16-18H,3-4,8-9,11H2,1-2H3/t14-,15+/m1/s1. The molecule has 1 aromatic carbocycles. The molecule has 0 amide bonds. The van der Waals surface area contributed by atoms with Crippen LogP contribution in [0.25, 0.3) is 0 Å². The monoisotopic (exact) mass is 249 g/mol. The topological polar surface area (TPSA) is 52.5 Å². The van der Waals surface area contributed by atoms with Crippen LogP contribution < -0.4 is 5.32 Å². The van der Waals surface area contributed by atoms with Gasteiger partial charge in [0, 0.05) is 12.0 Å². The van der Waals surface area contributed by atoms with Gasteiger partial charge in [-0.25, -0.2) is 0 Å². The summed E-state index contributed by atoms with van der Waals surface area (Å²) in [6, 6.07) is 7.06. The summed E-state index contributed by atoms with van der Waals surface area (Å²) in [7, 11) is 1.92. The Bertz CT molecular complexity index is 417. The number of hydrogen-bond donors (Lipinski definition) is 3. The summed E-state index contributed by atoms with van der Waals surface area (Å²) in [5.41, 5.74) is -0.208. The molecule has 3 heteroatoms. The minimum absolute atomic E-state index is 0.187. The van der Waals surface area contributed by atoms with E-state index in [2.05, 4.69) is 12.2 Å². The minimum atomic E-state index is -0.854. The van der Waals surface area contributed by atoms with Crippen molar-refractivity contribution in [2.45, 2.75) is 38.2 Å². The van der Waals surface area contributed by atoms with Crippen molar-refractivity contribution in [3.05, 3.63) is 29.8 Å². The third-order valence-electron chi connectivity index (χ3n) is 4.41. The van der Waals surface area contributed by atoms with Crippen molar-refractivity contribution >= 4 is 0 Å². The first-order chi connectivity index (χ1) is 8.52. The van der Waals surface area contributed by atoms with Gasteiger partial charge < -0.3 is 15.5 Å². The van der Waals surface area contributed by atoms with Gasteiger partial charge in [0.05, 0.1) is 5.60 Å². The van der Waals surface area contributed by atoms with E-state index < -0.39 is 5.60 Å². The highest BCUT2D eigenvalue weighted by atomic mass is 16.3. The number of phenolic OH excluding ortho intramolecular Hbond substituents is 1. The Kier molecular flexibility index (Phi) is 3.64. The molecule has 100 valence electrons. The van der Waals surface area contributed by atoms with E-state index in [4.69, 9.17) is 0 Å². The zero-order valence-corrected chi connectivity index (χ0v) is 11.2. The van der Waals surface area contributed by atoms with E-state index in [0.717, 1.165) is 37.8 Å². The van der Waals surface area contributed by atoms with Crippen LogP contribution in [-0.4, -0.2) is 23.8 Å². The summed E-state index contributed by atoms with van der Waals surface area (Å²) in [4.78, 5) is 0. The summed E-state index contributed by atoms with van der Waals surface area (Å²) in [6.45, 7) is 2.91. The zero-order chi connectivity index (χ0) is 13.2. The number of aromatic hydroxyl groups is 1. The first-order valence-electron chi connectivity index (χ1n) is 6.68. The lowest BCUT2D eigenvalue weighted by atomic mass is 9.61. The molecule has 1 aromatic rings. The summed E-state index contributed by atoms with van der Waals surface area (Å²) in [5, 5.41) is 24.0. The molecule has 2 atom stereocenters. The lowest BCUT2D eigenvalue weighted by molar-refractivity contribution is -0.111. The predicted octanol–water partition coefficient (Wildman–Crippen LogP) is 2.38. The van der Waals surface area contributed by atoms with E-state index in [1.807, 2.05) is 13.1 Å². The highest BCUT2D eigenvalue weighted by Gasteiger charge is 2.49. The van der Waals surface area contributed by atoms with Crippen LogP contribution in [0.5, 0.6) is 5.75 Å². The third-order valence-corrected chi connectivity index (χ3v) is 4.41. The molecule has 0 saturated heterocycles. The average molecular weight is 249 g/mol. The van der Waals surface area contributed by atoms with E-state index in [1.165, 1.54) is 0 Å². The molecule has 0 aromatic heterocycles. The number of rotatable bonds is 3. The molecule has 0 heterocycles. The van der Waals surface area contributed by atoms with Crippen molar-refractivity contribution < 1.29 is 10.2 Å². The molecular weight excluding hydrogens is 226 g/mol. The molecule has 1 aliphatic carbocycles. The fourth-order valence-corrected chi connectivity index (χ4v) is 3.29. The molecule has 3 nitrogen and oxygen atoms in total. The van der Waals surface area contributed by atoms with Gasteiger partial charge in [-0.05, 0) is 37.6 Å². The van der Waals surface area contributed by atoms with E-state index in [-0.39, 0.29) is 11.2 Å². The summed E-state index contributed by atoms with van der Waals surface area (Å²) in [6.07, 6.45) is 3.94. The maximum absolute atomic E-state index is 11.2. The first-order valence-corrected chi connectivity index (χ1v) is 6.68. The molecular formula is C15H23NO2. The van der Waals surface area contributed by atoms with Gasteiger partial charge >= 0.3 is 0 Å². The van der Waals surface area contributed by atoms with Crippen LogP contribution in [0.3, 0.4) is 0 Å². The van der Waals surface area contributed by atoms with Gasteiger partial charge in [0.1, 0.15) is 5.75 Å². The predicted molar refractivity (Wildman–Crippen MR) is 72.5 cm³/mol. The molecule has 0 aliphatic heterocycles. The van der Waals surface area contributed by atoms with Crippen molar-refractivity contribution in [2.75, 3.05) is 13.6 Å². The summed E-state index contributed by atoms with van der Waals surface area (Å²) < 4.78 is 0. The lowest BCUT2D eigenvalue weighted by Crippen LogP contribution is -2.51. The molecule has 3 N–H and O–H groups in total. The van der Waals surface area contributed by atoms with E-state index in [9.17, 15) is 10.2 Å². The smallest absolute Gasteiger partial charge is 0.115 e. The van der Waals surface area contributed by atoms with Gasteiger partial charge in [-0.3, -0.25) is 0 Å². The molecule has 0 radical (unpaired) electrons. The van der Waals surface area contributed by atoms with Crippen molar-refractivity contribution in [3.8, 4) is 5.75 Å². The zero-order valence-electron chi connectivity index (χ0n) is 11.2. The SMILES string of the molecule is CNC[C@@]1(C)CCCC[C@]1(O)c1cccc(O)c1. The summed E-state index contributed by atoms with van der Waals surface area (Å²) >= 11 is 0. The number of hydrogen-bond acceptors (Lipinski definition) is 3. The van der Waals surface area contributed by atoms with Crippen molar-refractivity contribution in [2.24, 2.45) is 5.41 Å². The Morgan fingerprint density at radius 2 is 2.00 bits per heavy atom. The van der Waals surface area contributed by atoms with Gasteiger partial charge in [0.15, 0.2) is 0 Å². The Balaban J connectivity index is 2.42. The van der Waals surface area contributed by atoms with Gasteiger partial charge in [-0.2, -0.15) is 0 Å². The highest BCUT2D eigenvalue weighted by Crippen LogP contribution is 2.50. The van der Waals surface area contributed by atoms with Crippen LogP contribution in [-0.2, 0) is 5.60 Å².